The van der Waals surface area contributed by atoms with Gasteiger partial charge in [-0.3, -0.25) is 24.1 Å². The molecule has 0 bridgehead atoms. The number of carbonyl (C=O) groups is 4. The summed E-state index contributed by atoms with van der Waals surface area (Å²) in [6.45, 7) is 0.364. The minimum Gasteiger partial charge on any atom is -0.352 e. The van der Waals surface area contributed by atoms with E-state index in [2.05, 4.69) is 5.32 Å². The predicted molar refractivity (Wildman–Crippen MR) is 157 cm³/mol. The molecule has 1 heterocycles. The fraction of sp³-hybridized carbons (Fsp3) is 0.333. The Hall–Kier alpha value is -3.97. The Morgan fingerprint density at radius 2 is 1.46 bits per heavy atom. The molecule has 1 atom stereocenters. The standard InChI is InChI=1S/C33H34ClN3O4/c34-25-18-16-24(17-19-25)22-37(29(21-23-9-2-1-3-10-23)31(39)35-26-11-4-5-12-26)30(38)15-8-20-36-32(40)27-13-6-7-14-28(27)33(36)41/h1-3,6-7,9-10,13-14,16-19,26,29H,4-5,8,11-12,15,20-22H2,(H,35,39)/t29-/m0/s1. The Balaban J connectivity index is 1.35. The Morgan fingerprint density at radius 3 is 2.10 bits per heavy atom. The lowest BCUT2D eigenvalue weighted by Crippen LogP contribution is -2.52. The van der Waals surface area contributed by atoms with Gasteiger partial charge in [-0.1, -0.05) is 79.0 Å². The molecule has 212 valence electrons. The van der Waals surface area contributed by atoms with Crippen LogP contribution in [0.1, 0.15) is 70.4 Å². The maximum Gasteiger partial charge on any atom is 0.261 e. The molecule has 1 aliphatic carbocycles. The number of amides is 4. The second kappa shape index (κ2) is 13.1. The maximum absolute atomic E-state index is 13.9. The first-order chi connectivity index (χ1) is 19.9. The van der Waals surface area contributed by atoms with Crippen LogP contribution in [0.15, 0.2) is 78.9 Å². The van der Waals surface area contributed by atoms with Crippen LogP contribution in [0, 0.1) is 0 Å². The third-order valence-corrected chi connectivity index (χ3v) is 8.14. The zero-order valence-electron chi connectivity index (χ0n) is 22.9. The van der Waals surface area contributed by atoms with Crippen molar-refractivity contribution >= 4 is 35.2 Å². The third-order valence-electron chi connectivity index (χ3n) is 7.89. The van der Waals surface area contributed by atoms with Gasteiger partial charge in [0.1, 0.15) is 6.04 Å². The van der Waals surface area contributed by atoms with Gasteiger partial charge in [-0.05, 0) is 54.7 Å². The minimum absolute atomic E-state index is 0.0863. The van der Waals surface area contributed by atoms with Gasteiger partial charge in [-0.2, -0.15) is 0 Å². The van der Waals surface area contributed by atoms with Gasteiger partial charge in [0.25, 0.3) is 11.8 Å². The van der Waals surface area contributed by atoms with Crippen LogP contribution in [0.2, 0.25) is 5.02 Å². The summed E-state index contributed by atoms with van der Waals surface area (Å²) in [6.07, 6.45) is 4.80. The highest BCUT2D eigenvalue weighted by Crippen LogP contribution is 2.24. The summed E-state index contributed by atoms with van der Waals surface area (Å²) >= 11 is 6.11. The van der Waals surface area contributed by atoms with Gasteiger partial charge >= 0.3 is 0 Å². The number of halogens is 1. The molecule has 1 N–H and O–H groups in total. The maximum atomic E-state index is 13.9. The van der Waals surface area contributed by atoms with Crippen LogP contribution < -0.4 is 5.32 Å². The van der Waals surface area contributed by atoms with Crippen LogP contribution in [-0.4, -0.2) is 52.1 Å². The molecule has 4 amide bonds. The van der Waals surface area contributed by atoms with E-state index in [0.717, 1.165) is 36.8 Å². The van der Waals surface area contributed by atoms with E-state index in [9.17, 15) is 19.2 Å². The van der Waals surface area contributed by atoms with Gasteiger partial charge in [0, 0.05) is 37.0 Å². The summed E-state index contributed by atoms with van der Waals surface area (Å²) in [6, 6.07) is 23.1. The molecule has 1 aliphatic heterocycles. The Bertz CT molecular complexity index is 1370. The van der Waals surface area contributed by atoms with Crippen molar-refractivity contribution in [2.45, 2.75) is 63.6 Å². The Kier molecular flexibility index (Phi) is 9.14. The number of imide groups is 1. The summed E-state index contributed by atoms with van der Waals surface area (Å²) in [7, 11) is 0. The molecule has 3 aromatic carbocycles. The van der Waals surface area contributed by atoms with E-state index in [1.54, 1.807) is 41.3 Å². The minimum atomic E-state index is -0.722. The number of rotatable bonds is 11. The van der Waals surface area contributed by atoms with E-state index in [1.807, 2.05) is 42.5 Å². The second-order valence-electron chi connectivity index (χ2n) is 10.8. The van der Waals surface area contributed by atoms with E-state index < -0.39 is 6.04 Å². The molecule has 5 rings (SSSR count). The number of nitrogens with one attached hydrogen (secondary N) is 1. The van der Waals surface area contributed by atoms with Crippen molar-refractivity contribution in [1.82, 2.24) is 15.1 Å². The van der Waals surface area contributed by atoms with E-state index in [0.29, 0.717) is 29.0 Å². The third kappa shape index (κ3) is 6.85. The highest BCUT2D eigenvalue weighted by molar-refractivity contribution is 6.30. The van der Waals surface area contributed by atoms with Crippen molar-refractivity contribution in [3.63, 3.8) is 0 Å². The van der Waals surface area contributed by atoms with Gasteiger partial charge in [0.15, 0.2) is 0 Å². The van der Waals surface area contributed by atoms with Gasteiger partial charge in [0.2, 0.25) is 11.8 Å². The molecule has 2 aliphatic rings. The lowest BCUT2D eigenvalue weighted by atomic mass is 10.0. The molecular weight excluding hydrogens is 538 g/mol. The van der Waals surface area contributed by atoms with E-state index in [-0.39, 0.29) is 49.2 Å². The van der Waals surface area contributed by atoms with Gasteiger partial charge in [0.05, 0.1) is 11.1 Å². The molecule has 0 unspecified atom stereocenters. The van der Waals surface area contributed by atoms with Crippen molar-refractivity contribution in [2.75, 3.05) is 6.54 Å². The highest BCUT2D eigenvalue weighted by atomic mass is 35.5. The molecule has 0 saturated heterocycles. The zero-order chi connectivity index (χ0) is 28.8. The van der Waals surface area contributed by atoms with Gasteiger partial charge in [-0.15, -0.1) is 0 Å². The van der Waals surface area contributed by atoms with Crippen LogP contribution in [0.3, 0.4) is 0 Å². The molecule has 0 radical (unpaired) electrons. The average molecular weight is 572 g/mol. The molecule has 1 fully saturated rings. The summed E-state index contributed by atoms with van der Waals surface area (Å²) in [4.78, 5) is 56.1. The van der Waals surface area contributed by atoms with Gasteiger partial charge < -0.3 is 10.2 Å². The summed E-state index contributed by atoms with van der Waals surface area (Å²) in [5, 5.41) is 3.79. The van der Waals surface area contributed by atoms with E-state index >= 15 is 0 Å². The smallest absolute Gasteiger partial charge is 0.261 e. The lowest BCUT2D eigenvalue weighted by Gasteiger charge is -2.32. The summed E-state index contributed by atoms with van der Waals surface area (Å²) in [5.41, 5.74) is 2.59. The quantitative estimate of drug-likeness (QED) is 0.312. The van der Waals surface area contributed by atoms with Crippen LogP contribution in [0.5, 0.6) is 0 Å². The second-order valence-corrected chi connectivity index (χ2v) is 11.2. The number of nitrogens with zero attached hydrogens (tertiary/aromatic N) is 2. The van der Waals surface area contributed by atoms with Crippen LogP contribution >= 0.6 is 11.6 Å². The normalized spacial score (nSPS) is 15.6. The van der Waals surface area contributed by atoms with Gasteiger partial charge in [-0.25, -0.2) is 0 Å². The Labute approximate surface area is 245 Å². The van der Waals surface area contributed by atoms with E-state index in [1.165, 1.54) is 4.90 Å². The number of benzene rings is 3. The number of hydrogen-bond donors (Lipinski definition) is 1. The number of fused-ring (bicyclic) bond motifs is 1. The molecule has 3 aromatic rings. The van der Waals surface area contributed by atoms with Crippen LogP contribution in [0.4, 0.5) is 0 Å². The SMILES string of the molecule is O=C(NC1CCCC1)[C@H](Cc1ccccc1)N(Cc1ccc(Cl)cc1)C(=O)CCCN1C(=O)c2ccccc2C1=O. The van der Waals surface area contributed by atoms with Crippen LogP contribution in [-0.2, 0) is 22.6 Å². The first kappa shape index (κ1) is 28.6. The zero-order valence-corrected chi connectivity index (χ0v) is 23.7. The summed E-state index contributed by atoms with van der Waals surface area (Å²) < 4.78 is 0. The highest BCUT2D eigenvalue weighted by Gasteiger charge is 2.36. The monoisotopic (exact) mass is 571 g/mol. The lowest BCUT2D eigenvalue weighted by molar-refractivity contribution is -0.141. The van der Waals surface area contributed by atoms with Crippen LogP contribution in [0.25, 0.3) is 0 Å². The molecule has 0 aromatic heterocycles. The van der Waals surface area contributed by atoms with E-state index in [4.69, 9.17) is 11.6 Å². The Morgan fingerprint density at radius 1 is 0.854 bits per heavy atom. The number of hydrogen-bond acceptors (Lipinski definition) is 4. The van der Waals surface area contributed by atoms with Crippen molar-refractivity contribution < 1.29 is 19.2 Å². The number of carbonyl (C=O) groups excluding carboxylic acids is 4. The van der Waals surface area contributed by atoms with Crippen molar-refractivity contribution in [3.05, 3.63) is 106 Å². The molecule has 7 nitrogen and oxygen atoms in total. The largest absolute Gasteiger partial charge is 0.352 e. The molecule has 0 spiro atoms. The topological polar surface area (TPSA) is 86.8 Å². The average Bonchev–Trinajstić information content (AvgIpc) is 3.58. The first-order valence-electron chi connectivity index (χ1n) is 14.2. The molecule has 1 saturated carbocycles. The fourth-order valence-electron chi connectivity index (χ4n) is 5.68. The van der Waals surface area contributed by atoms with Crippen molar-refractivity contribution in [3.8, 4) is 0 Å². The summed E-state index contributed by atoms with van der Waals surface area (Å²) in [5.74, 6) is -1.05. The molecular formula is C33H34ClN3O4. The first-order valence-corrected chi connectivity index (χ1v) is 14.6. The molecule has 41 heavy (non-hydrogen) atoms. The fourth-order valence-corrected chi connectivity index (χ4v) is 5.81. The predicted octanol–water partition coefficient (Wildman–Crippen LogP) is 5.42. The molecule has 8 heteroatoms. The van der Waals surface area contributed by atoms with Crippen molar-refractivity contribution in [1.29, 1.82) is 0 Å². The van der Waals surface area contributed by atoms with Crippen molar-refractivity contribution in [2.24, 2.45) is 0 Å².